The molecule has 4 atom stereocenters. The number of anilines is 3. The van der Waals surface area contributed by atoms with Gasteiger partial charge in [-0.05, 0) is 61.9 Å². The Hall–Kier alpha value is -7.07. The second kappa shape index (κ2) is 21.6. The van der Waals surface area contributed by atoms with Gasteiger partial charge in [-0.2, -0.15) is 5.10 Å². The Bertz CT molecular complexity index is 3020. The predicted molar refractivity (Wildman–Crippen MR) is 277 cm³/mol. The van der Waals surface area contributed by atoms with E-state index in [4.69, 9.17) is 34.8 Å². The number of nitrogens with one attached hydrogen (secondary N) is 1. The van der Waals surface area contributed by atoms with Gasteiger partial charge in [0.2, 0.25) is 17.8 Å². The monoisotopic (exact) mass is 1010 g/mol. The Labute approximate surface area is 427 Å². The van der Waals surface area contributed by atoms with Gasteiger partial charge < -0.3 is 44.9 Å². The summed E-state index contributed by atoms with van der Waals surface area (Å²) in [5, 5.41) is 31.9. The van der Waals surface area contributed by atoms with Gasteiger partial charge in [0.1, 0.15) is 17.7 Å². The molecule has 0 bridgehead atoms. The van der Waals surface area contributed by atoms with Crippen LogP contribution in [-0.4, -0.2) is 139 Å². The first kappa shape index (κ1) is 49.5. The van der Waals surface area contributed by atoms with Crippen LogP contribution in [0, 0.1) is 12.8 Å². The Morgan fingerprint density at radius 2 is 1.70 bits per heavy atom. The number of piperidine rings is 1. The number of aryl methyl sites for hydroxylation is 1. The van der Waals surface area contributed by atoms with Gasteiger partial charge in [-0.3, -0.25) is 19.2 Å². The van der Waals surface area contributed by atoms with E-state index in [2.05, 4.69) is 40.4 Å². The molecule has 4 N–H and O–H groups in total. The second-order valence-corrected chi connectivity index (χ2v) is 20.4. The van der Waals surface area contributed by atoms with Crippen LogP contribution >= 0.6 is 11.3 Å². The van der Waals surface area contributed by atoms with Crippen LogP contribution in [0.3, 0.4) is 0 Å². The molecule has 10 rings (SSSR count). The van der Waals surface area contributed by atoms with E-state index in [1.807, 2.05) is 111 Å². The van der Waals surface area contributed by atoms with Crippen molar-refractivity contribution < 1.29 is 28.7 Å². The normalized spacial score (nSPS) is 18.7. The van der Waals surface area contributed by atoms with E-state index in [1.165, 1.54) is 4.90 Å². The van der Waals surface area contributed by atoms with Crippen molar-refractivity contribution in [3.05, 3.63) is 101 Å². The zero-order chi connectivity index (χ0) is 50.8. The molecule has 2 amide bonds. The maximum atomic E-state index is 14.4. The molecule has 21 heteroatoms. The number of hydrogen-bond acceptors (Lipinski definition) is 18. The molecule has 73 heavy (non-hydrogen) atoms. The van der Waals surface area contributed by atoms with E-state index < -0.39 is 18.1 Å². The smallest absolute Gasteiger partial charge is 0.243 e. The summed E-state index contributed by atoms with van der Waals surface area (Å²) in [6.45, 7) is 13.2. The number of aromatic nitrogens is 8. The molecule has 0 aliphatic carbocycles. The maximum absolute atomic E-state index is 14.4. The van der Waals surface area contributed by atoms with E-state index in [1.54, 1.807) is 18.4 Å². The molecule has 2 aromatic carbocycles. The molecule has 0 radical (unpaired) electrons. The minimum absolute atomic E-state index is 0.0654. The average molecular weight is 1010 g/mol. The van der Waals surface area contributed by atoms with Crippen LogP contribution < -0.4 is 25.6 Å². The topological polar surface area (TPSA) is 232 Å². The lowest BCUT2D eigenvalue weighted by Crippen LogP contribution is -2.48. The zero-order valence-corrected chi connectivity index (χ0v) is 42.6. The van der Waals surface area contributed by atoms with Gasteiger partial charge in [0.25, 0.3) is 0 Å². The number of β-amino-alcohol motifs (C(OH)–C–C–N with tert-alkyl or cyclic N) is 1. The number of methoxy groups -OCH3 is 1. The highest BCUT2D eigenvalue weighted by atomic mass is 32.1. The summed E-state index contributed by atoms with van der Waals surface area (Å²) < 4.78 is 18.8. The molecule has 7 aromatic rings. The number of carbonyl (C=O) groups is 2. The SMILES string of the molecule is COCOc1ccccc1-c1cc2c(nn1)c(N)nn2C1CCN(c2ncc(CN3CCN(c4cc(C(C(=O)N5C[C@H](O)C[C@H]5C(=O)NC(C)c5ccc(-c6scnc6C)cc5)C(C)C)on4)CC3)cn2)CC1. The van der Waals surface area contributed by atoms with Crippen LogP contribution in [0.4, 0.5) is 17.6 Å². The molecular weight excluding hydrogens is 949 g/mol. The van der Waals surface area contributed by atoms with Gasteiger partial charge in [0.15, 0.2) is 29.7 Å². The molecule has 5 aromatic heterocycles. The molecular formula is C52H62N14O6S. The van der Waals surface area contributed by atoms with Crippen molar-refractivity contribution in [2.24, 2.45) is 5.92 Å². The van der Waals surface area contributed by atoms with E-state index >= 15 is 0 Å². The Kier molecular flexibility index (Phi) is 14.6. The lowest BCUT2D eigenvalue weighted by molar-refractivity contribution is -0.141. The summed E-state index contributed by atoms with van der Waals surface area (Å²) in [6.07, 6.45) is 4.83. The third-order valence-electron chi connectivity index (χ3n) is 14.3. The number of ether oxygens (including phenoxy) is 2. The van der Waals surface area contributed by atoms with Crippen LogP contribution in [0.2, 0.25) is 0 Å². The van der Waals surface area contributed by atoms with E-state index in [0.717, 1.165) is 77.4 Å². The van der Waals surface area contributed by atoms with Gasteiger partial charge in [-0.15, -0.1) is 21.5 Å². The standard InChI is InChI=1S/C52H62N14O6S/c1-31(2)46(51(69)65-28-38(67)22-42(65)50(68)57-32(3)35-10-12-36(13-11-35)48-33(4)56-29-73-48)44-24-45(61-72-44)63-20-18-62(19-21-63)27-34-25-54-52(55-26-34)64-16-14-37(15-17-64)66-41-23-40(58-59-47(41)49(53)60-66)39-8-6-7-9-43(39)71-30-70-5/h6-13,23-26,29,31-32,37-38,42,46,67H,14-22,27-28,30H2,1-5H3,(H2,53,60)(H,57,68)/t32?,38-,42+,46?/m1/s1. The number of hydrogen-bond donors (Lipinski definition) is 3. The molecule has 20 nitrogen and oxygen atoms in total. The van der Waals surface area contributed by atoms with Crippen molar-refractivity contribution >= 4 is 51.8 Å². The quantitative estimate of drug-likeness (QED) is 0.0941. The van der Waals surface area contributed by atoms with E-state index in [-0.39, 0.29) is 49.6 Å². The summed E-state index contributed by atoms with van der Waals surface area (Å²) in [7, 11) is 1.58. The number of nitrogens with zero attached hydrogens (tertiary/aromatic N) is 12. The van der Waals surface area contributed by atoms with E-state index in [9.17, 15) is 14.7 Å². The molecule has 382 valence electrons. The van der Waals surface area contributed by atoms with Crippen molar-refractivity contribution in [1.82, 2.24) is 55.2 Å². The Morgan fingerprint density at radius 3 is 2.41 bits per heavy atom. The van der Waals surface area contributed by atoms with Gasteiger partial charge >= 0.3 is 0 Å². The summed E-state index contributed by atoms with van der Waals surface area (Å²) in [6, 6.07) is 18.5. The number of para-hydroxylation sites is 1. The molecule has 2 unspecified atom stereocenters. The number of carbonyl (C=O) groups excluding carboxylic acids is 2. The van der Waals surface area contributed by atoms with Gasteiger partial charge in [-0.25, -0.2) is 15.0 Å². The minimum Gasteiger partial charge on any atom is -0.467 e. The number of rotatable bonds is 16. The fourth-order valence-electron chi connectivity index (χ4n) is 10.3. The number of likely N-dealkylation sites (tertiary alicyclic amines) is 1. The highest BCUT2D eigenvalue weighted by Gasteiger charge is 2.44. The third-order valence-corrected chi connectivity index (χ3v) is 15.2. The molecule has 3 fully saturated rings. The van der Waals surface area contributed by atoms with Crippen molar-refractivity contribution in [2.45, 2.75) is 83.6 Å². The van der Waals surface area contributed by atoms with Gasteiger partial charge in [0, 0.05) is 95.5 Å². The number of thiazole rings is 1. The minimum atomic E-state index is -0.819. The van der Waals surface area contributed by atoms with Crippen LogP contribution in [-0.2, 0) is 20.9 Å². The van der Waals surface area contributed by atoms with E-state index in [0.29, 0.717) is 59.9 Å². The first-order valence-electron chi connectivity index (χ1n) is 24.9. The number of aliphatic hydroxyl groups is 1. The maximum Gasteiger partial charge on any atom is 0.243 e. The van der Waals surface area contributed by atoms with Crippen molar-refractivity contribution in [3.63, 3.8) is 0 Å². The number of fused-ring (bicyclic) bond motifs is 1. The molecule has 3 saturated heterocycles. The first-order valence-corrected chi connectivity index (χ1v) is 25.8. The molecule has 8 heterocycles. The van der Waals surface area contributed by atoms with Crippen molar-refractivity contribution in [1.29, 1.82) is 0 Å². The summed E-state index contributed by atoms with van der Waals surface area (Å²) in [5.74, 6) is 1.41. The summed E-state index contributed by atoms with van der Waals surface area (Å²) in [4.78, 5) is 51.5. The average Bonchev–Trinajstić information content (AvgIpc) is 4.23. The second-order valence-electron chi connectivity index (χ2n) is 19.5. The largest absolute Gasteiger partial charge is 0.467 e. The Balaban J connectivity index is 0.710. The zero-order valence-electron chi connectivity index (χ0n) is 41.8. The summed E-state index contributed by atoms with van der Waals surface area (Å²) >= 11 is 1.59. The lowest BCUT2D eigenvalue weighted by Gasteiger charge is -2.34. The molecule has 3 aliphatic heterocycles. The van der Waals surface area contributed by atoms with Crippen LogP contribution in [0.15, 0.2) is 83.1 Å². The first-order chi connectivity index (χ1) is 35.4. The highest BCUT2D eigenvalue weighted by molar-refractivity contribution is 7.13. The number of nitrogens with two attached hydrogens (primary N) is 1. The lowest BCUT2D eigenvalue weighted by atomic mass is 9.91. The number of amides is 2. The van der Waals surface area contributed by atoms with Crippen LogP contribution in [0.5, 0.6) is 5.75 Å². The summed E-state index contributed by atoms with van der Waals surface area (Å²) in [5.41, 5.74) is 15.1. The van der Waals surface area contributed by atoms with Crippen molar-refractivity contribution in [3.8, 4) is 27.4 Å². The number of benzene rings is 2. The van der Waals surface area contributed by atoms with Crippen molar-refractivity contribution in [2.75, 3.05) is 75.2 Å². The fourth-order valence-corrected chi connectivity index (χ4v) is 11.1. The van der Waals surface area contributed by atoms with Gasteiger partial charge in [0.05, 0.1) is 45.5 Å². The fraction of sp³-hybridized carbons (Fsp3) is 0.442. The third kappa shape index (κ3) is 10.6. The highest BCUT2D eigenvalue weighted by Crippen LogP contribution is 2.36. The Morgan fingerprint density at radius 1 is 0.945 bits per heavy atom. The van der Waals surface area contributed by atoms with Crippen LogP contribution in [0.25, 0.3) is 32.7 Å². The number of aliphatic hydroxyl groups excluding tert-OH is 1. The predicted octanol–water partition coefficient (Wildman–Crippen LogP) is 6.01. The number of nitrogen functional groups attached to an aromatic ring is 1. The molecule has 0 saturated carbocycles. The van der Waals surface area contributed by atoms with Gasteiger partial charge in [-0.1, -0.05) is 55.4 Å². The molecule has 0 spiro atoms. The number of piperazine rings is 1. The molecule has 3 aliphatic rings. The van der Waals surface area contributed by atoms with Crippen LogP contribution in [0.1, 0.15) is 80.6 Å².